The van der Waals surface area contributed by atoms with Crippen molar-refractivity contribution in [1.82, 2.24) is 5.32 Å². The number of nitrogen functional groups attached to an aromatic ring is 1. The van der Waals surface area contributed by atoms with Crippen LogP contribution in [0, 0.1) is 0 Å². The first-order chi connectivity index (χ1) is 9.47. The Hall–Kier alpha value is -1.52. The lowest BCUT2D eigenvalue weighted by molar-refractivity contribution is 0.0940. The molecule has 3 nitrogen and oxygen atoms in total. The molecule has 0 saturated heterocycles. The molecule has 0 aliphatic rings. The SMILES string of the molecule is CC(NC(=O)c1cc(Br)ccc1N)c1ccc(Cl)cc1. The summed E-state index contributed by atoms with van der Waals surface area (Å²) >= 11 is 9.18. The van der Waals surface area contributed by atoms with Crippen molar-refractivity contribution in [1.29, 1.82) is 0 Å². The number of rotatable bonds is 3. The molecule has 20 heavy (non-hydrogen) atoms. The van der Waals surface area contributed by atoms with Gasteiger partial charge in [0.25, 0.3) is 5.91 Å². The molecule has 0 aliphatic carbocycles. The molecule has 0 radical (unpaired) electrons. The first-order valence-corrected chi connectivity index (χ1v) is 7.26. The van der Waals surface area contributed by atoms with E-state index in [0.717, 1.165) is 10.0 Å². The number of benzene rings is 2. The standard InChI is InChI=1S/C15H14BrClN2O/c1-9(10-2-5-12(17)6-3-10)19-15(20)13-8-11(16)4-7-14(13)18/h2-9H,18H2,1H3,(H,19,20). The van der Waals surface area contributed by atoms with Crippen molar-refractivity contribution >= 4 is 39.1 Å². The van der Waals surface area contributed by atoms with Crippen LogP contribution in [0.3, 0.4) is 0 Å². The Labute approximate surface area is 131 Å². The second kappa shape index (κ2) is 6.29. The largest absolute Gasteiger partial charge is 0.398 e. The molecule has 0 spiro atoms. The van der Waals surface area contributed by atoms with Crippen LogP contribution < -0.4 is 11.1 Å². The minimum absolute atomic E-state index is 0.127. The first kappa shape index (κ1) is 14.9. The maximum Gasteiger partial charge on any atom is 0.253 e. The Morgan fingerprint density at radius 3 is 2.55 bits per heavy atom. The number of amides is 1. The Kier molecular flexibility index (Phi) is 4.68. The molecule has 1 unspecified atom stereocenters. The molecule has 1 amide bonds. The molecule has 0 saturated carbocycles. The van der Waals surface area contributed by atoms with E-state index in [1.54, 1.807) is 30.3 Å². The maximum atomic E-state index is 12.2. The fourth-order valence-corrected chi connectivity index (χ4v) is 2.32. The monoisotopic (exact) mass is 352 g/mol. The molecule has 0 fully saturated rings. The van der Waals surface area contributed by atoms with Gasteiger partial charge in [-0.05, 0) is 42.8 Å². The minimum atomic E-state index is -0.203. The molecule has 104 valence electrons. The predicted molar refractivity (Wildman–Crippen MR) is 85.9 cm³/mol. The van der Waals surface area contributed by atoms with E-state index >= 15 is 0 Å². The third-order valence-electron chi connectivity index (χ3n) is 2.98. The van der Waals surface area contributed by atoms with Crippen molar-refractivity contribution in [3.63, 3.8) is 0 Å². The van der Waals surface area contributed by atoms with E-state index in [-0.39, 0.29) is 11.9 Å². The van der Waals surface area contributed by atoms with Gasteiger partial charge in [-0.1, -0.05) is 39.7 Å². The van der Waals surface area contributed by atoms with E-state index in [1.807, 2.05) is 19.1 Å². The number of anilines is 1. The Bertz CT molecular complexity index is 628. The highest BCUT2D eigenvalue weighted by atomic mass is 79.9. The van der Waals surface area contributed by atoms with E-state index in [0.29, 0.717) is 16.3 Å². The van der Waals surface area contributed by atoms with E-state index in [4.69, 9.17) is 17.3 Å². The number of hydrogen-bond donors (Lipinski definition) is 2. The summed E-state index contributed by atoms with van der Waals surface area (Å²) < 4.78 is 0.816. The summed E-state index contributed by atoms with van der Waals surface area (Å²) in [7, 11) is 0. The molecule has 0 bridgehead atoms. The van der Waals surface area contributed by atoms with Crippen molar-refractivity contribution in [3.05, 3.63) is 63.1 Å². The van der Waals surface area contributed by atoms with Gasteiger partial charge in [0.15, 0.2) is 0 Å². The van der Waals surface area contributed by atoms with Gasteiger partial charge < -0.3 is 11.1 Å². The number of carbonyl (C=O) groups excluding carboxylic acids is 1. The zero-order valence-corrected chi connectivity index (χ0v) is 13.2. The summed E-state index contributed by atoms with van der Waals surface area (Å²) in [6, 6.07) is 12.5. The molecule has 0 aromatic heterocycles. The van der Waals surface area contributed by atoms with Crippen molar-refractivity contribution in [2.24, 2.45) is 0 Å². The highest BCUT2D eigenvalue weighted by Crippen LogP contribution is 2.20. The number of nitrogens with two attached hydrogens (primary N) is 1. The fourth-order valence-electron chi connectivity index (χ4n) is 1.83. The molecule has 1 atom stereocenters. The first-order valence-electron chi connectivity index (χ1n) is 6.08. The normalized spacial score (nSPS) is 11.9. The number of nitrogens with one attached hydrogen (secondary N) is 1. The van der Waals surface area contributed by atoms with Gasteiger partial charge in [0.05, 0.1) is 11.6 Å². The van der Waals surface area contributed by atoms with Gasteiger partial charge in [-0.2, -0.15) is 0 Å². The summed E-state index contributed by atoms with van der Waals surface area (Å²) in [5, 5.41) is 3.59. The lowest BCUT2D eigenvalue weighted by atomic mass is 10.1. The maximum absolute atomic E-state index is 12.2. The van der Waals surface area contributed by atoms with Crippen LogP contribution in [-0.2, 0) is 0 Å². The van der Waals surface area contributed by atoms with E-state index in [2.05, 4.69) is 21.2 Å². The molecular weight excluding hydrogens is 340 g/mol. The summed E-state index contributed by atoms with van der Waals surface area (Å²) in [6.07, 6.45) is 0. The van der Waals surface area contributed by atoms with Gasteiger partial charge in [-0.15, -0.1) is 0 Å². The van der Waals surface area contributed by atoms with E-state index < -0.39 is 0 Å². The summed E-state index contributed by atoms with van der Waals surface area (Å²) in [4.78, 5) is 12.2. The van der Waals surface area contributed by atoms with Crippen LogP contribution in [-0.4, -0.2) is 5.91 Å². The van der Waals surface area contributed by atoms with Gasteiger partial charge in [-0.25, -0.2) is 0 Å². The second-order valence-electron chi connectivity index (χ2n) is 4.48. The number of halogens is 2. The van der Waals surface area contributed by atoms with E-state index in [1.165, 1.54) is 0 Å². The van der Waals surface area contributed by atoms with Crippen molar-refractivity contribution < 1.29 is 4.79 Å². The van der Waals surface area contributed by atoms with Gasteiger partial charge >= 0.3 is 0 Å². The molecule has 3 N–H and O–H groups in total. The summed E-state index contributed by atoms with van der Waals surface area (Å²) in [5.41, 5.74) is 7.72. The highest BCUT2D eigenvalue weighted by molar-refractivity contribution is 9.10. The highest BCUT2D eigenvalue weighted by Gasteiger charge is 2.14. The number of hydrogen-bond acceptors (Lipinski definition) is 2. The lowest BCUT2D eigenvalue weighted by Crippen LogP contribution is -2.27. The number of carbonyl (C=O) groups is 1. The zero-order valence-electron chi connectivity index (χ0n) is 10.9. The molecule has 2 aromatic rings. The van der Waals surface area contributed by atoms with E-state index in [9.17, 15) is 4.79 Å². The quantitative estimate of drug-likeness (QED) is 0.813. The molecule has 0 heterocycles. The third-order valence-corrected chi connectivity index (χ3v) is 3.72. The minimum Gasteiger partial charge on any atom is -0.398 e. The molecule has 5 heteroatoms. The molecule has 2 rings (SSSR count). The van der Waals surface area contributed by atoms with Crippen LogP contribution in [0.4, 0.5) is 5.69 Å². The second-order valence-corrected chi connectivity index (χ2v) is 5.83. The average Bonchev–Trinajstić information content (AvgIpc) is 2.42. The lowest BCUT2D eigenvalue weighted by Gasteiger charge is -2.15. The van der Waals surface area contributed by atoms with Crippen LogP contribution in [0.2, 0.25) is 5.02 Å². The van der Waals surface area contributed by atoms with Crippen LogP contribution in [0.25, 0.3) is 0 Å². The Morgan fingerprint density at radius 1 is 1.25 bits per heavy atom. The van der Waals surface area contributed by atoms with Crippen LogP contribution in [0.5, 0.6) is 0 Å². The van der Waals surface area contributed by atoms with Crippen molar-refractivity contribution in [2.75, 3.05) is 5.73 Å². The van der Waals surface area contributed by atoms with Gasteiger partial charge in [0.1, 0.15) is 0 Å². The predicted octanol–water partition coefficient (Wildman–Crippen LogP) is 4.18. The summed E-state index contributed by atoms with van der Waals surface area (Å²) in [5.74, 6) is -0.203. The van der Waals surface area contributed by atoms with Crippen LogP contribution in [0.1, 0.15) is 28.9 Å². The topological polar surface area (TPSA) is 55.1 Å². The van der Waals surface area contributed by atoms with Gasteiger partial charge in [0, 0.05) is 15.2 Å². The smallest absolute Gasteiger partial charge is 0.253 e. The Morgan fingerprint density at radius 2 is 1.90 bits per heavy atom. The van der Waals surface area contributed by atoms with Crippen molar-refractivity contribution in [3.8, 4) is 0 Å². The van der Waals surface area contributed by atoms with Crippen LogP contribution >= 0.6 is 27.5 Å². The van der Waals surface area contributed by atoms with Crippen molar-refractivity contribution in [2.45, 2.75) is 13.0 Å². The molecule has 0 aliphatic heterocycles. The van der Waals surface area contributed by atoms with Crippen LogP contribution in [0.15, 0.2) is 46.9 Å². The average molecular weight is 354 g/mol. The summed E-state index contributed by atoms with van der Waals surface area (Å²) in [6.45, 7) is 1.91. The Balaban J connectivity index is 2.15. The molecular formula is C15H14BrClN2O. The molecule has 2 aromatic carbocycles. The third kappa shape index (κ3) is 3.52. The van der Waals surface area contributed by atoms with Gasteiger partial charge in [0.2, 0.25) is 0 Å². The fraction of sp³-hybridized carbons (Fsp3) is 0.133. The van der Waals surface area contributed by atoms with Gasteiger partial charge in [-0.3, -0.25) is 4.79 Å². The zero-order chi connectivity index (χ0) is 14.7.